The van der Waals surface area contributed by atoms with Crippen LogP contribution >= 0.6 is 0 Å². The Hall–Kier alpha value is -9.58. The van der Waals surface area contributed by atoms with Gasteiger partial charge in [-0.2, -0.15) is 0 Å². The molecule has 0 radical (unpaired) electrons. The largest absolute Gasteiger partial charge is 0.454 e. The summed E-state index contributed by atoms with van der Waals surface area (Å²) in [4.78, 5) is 7.17. The lowest BCUT2D eigenvalue weighted by molar-refractivity contribution is 0.668. The Morgan fingerprint density at radius 2 is 0.764 bits per heavy atom. The molecule has 0 saturated carbocycles. The lowest BCUT2D eigenvalue weighted by atomic mass is 9.64. The van der Waals surface area contributed by atoms with Crippen molar-refractivity contribution in [1.82, 2.24) is 0 Å². The second-order valence-electron chi connectivity index (χ2n) is 18.8. The summed E-state index contributed by atoms with van der Waals surface area (Å²) in [5.41, 5.74) is 19.4. The third-order valence-electron chi connectivity index (χ3n) is 15.0. The first kappa shape index (κ1) is 40.3. The maximum Gasteiger partial charge on any atom is 0.159 e. The molecule has 1 aliphatic carbocycles. The van der Waals surface area contributed by atoms with Gasteiger partial charge in [0.05, 0.1) is 28.2 Å². The van der Waals surface area contributed by atoms with Gasteiger partial charge < -0.3 is 23.5 Å². The molecule has 0 fully saturated rings. The van der Waals surface area contributed by atoms with Crippen molar-refractivity contribution in [3.8, 4) is 11.1 Å². The van der Waals surface area contributed by atoms with Gasteiger partial charge in [-0.3, -0.25) is 0 Å². The second-order valence-corrected chi connectivity index (χ2v) is 18.8. The average Bonchev–Trinajstić information content (AvgIpc) is 4.12. The van der Waals surface area contributed by atoms with E-state index in [1.165, 1.54) is 33.4 Å². The van der Waals surface area contributed by atoms with E-state index in [2.05, 4.69) is 263 Å². The molecule has 0 bridgehead atoms. The van der Waals surface area contributed by atoms with Crippen LogP contribution in [0.3, 0.4) is 0 Å². The molecule has 0 N–H and O–H groups in total. The van der Waals surface area contributed by atoms with Gasteiger partial charge >= 0.3 is 0 Å². The van der Waals surface area contributed by atoms with Crippen molar-refractivity contribution in [2.75, 3.05) is 14.7 Å². The van der Waals surface area contributed by atoms with Crippen LogP contribution in [0.5, 0.6) is 0 Å². The summed E-state index contributed by atoms with van der Waals surface area (Å²) >= 11 is 0. The van der Waals surface area contributed by atoms with Crippen LogP contribution in [0.2, 0.25) is 0 Å². The number of anilines is 9. The van der Waals surface area contributed by atoms with Crippen molar-refractivity contribution in [1.29, 1.82) is 0 Å². The van der Waals surface area contributed by atoms with Crippen LogP contribution in [-0.4, -0.2) is 0 Å². The van der Waals surface area contributed by atoms with Gasteiger partial charge in [0, 0.05) is 50.0 Å². The molecule has 5 heteroatoms. The monoisotopic (exact) mass is 921 g/mol. The molecular formula is C67H43N3O2. The Balaban J connectivity index is 1.02. The molecule has 1 aliphatic heterocycles. The molecule has 3 heterocycles. The Kier molecular flexibility index (Phi) is 8.80. The van der Waals surface area contributed by atoms with E-state index in [1.54, 1.807) is 0 Å². The van der Waals surface area contributed by atoms with Gasteiger partial charge in [0.1, 0.15) is 11.2 Å². The Labute approximate surface area is 416 Å². The molecule has 0 unspecified atom stereocenters. The van der Waals surface area contributed by atoms with E-state index in [0.717, 1.165) is 95.1 Å². The number of hydrogen-bond acceptors (Lipinski definition) is 5. The molecular weight excluding hydrogens is 879 g/mol. The molecule has 0 atom stereocenters. The Morgan fingerprint density at radius 1 is 0.306 bits per heavy atom. The topological polar surface area (TPSA) is 36.0 Å². The van der Waals surface area contributed by atoms with Crippen molar-refractivity contribution in [3.63, 3.8) is 0 Å². The summed E-state index contributed by atoms with van der Waals surface area (Å²) < 4.78 is 13.6. The van der Waals surface area contributed by atoms with Crippen molar-refractivity contribution in [2.24, 2.45) is 0 Å². The van der Waals surface area contributed by atoms with Crippen molar-refractivity contribution < 1.29 is 8.83 Å². The fourth-order valence-electron chi connectivity index (χ4n) is 12.1. The summed E-state index contributed by atoms with van der Waals surface area (Å²) in [6.45, 7) is 0. The number of furan rings is 2. The van der Waals surface area contributed by atoms with Crippen molar-refractivity contribution in [2.45, 2.75) is 5.41 Å². The third kappa shape index (κ3) is 5.76. The van der Waals surface area contributed by atoms with Gasteiger partial charge in [0.2, 0.25) is 0 Å². The lowest BCUT2D eigenvalue weighted by Crippen LogP contribution is -2.36. The highest BCUT2D eigenvalue weighted by molar-refractivity contribution is 6.12. The van der Waals surface area contributed by atoms with E-state index in [4.69, 9.17) is 8.83 Å². The van der Waals surface area contributed by atoms with E-state index < -0.39 is 5.41 Å². The standard InChI is InChI=1S/C67H43N3O2/c1-4-20-44(21-5-1)68(61-34-18-28-52-50-26-10-16-36-63(50)71-65(52)61)47-39-41-55-54(42-47)49-40-38-48(69(45-22-6-2-7-23-45)62-35-19-29-53-51-27-11-17-37-64(51)72-66(53)62)43-58(49)67(55)56-30-12-14-32-59(56)70(46-24-8-3-9-25-46)60-33-15-13-31-57(60)67/h1-43H. The second kappa shape index (κ2) is 15.7. The molecule has 338 valence electrons. The summed E-state index contributed by atoms with van der Waals surface area (Å²) in [7, 11) is 0. The van der Waals surface area contributed by atoms with Crippen molar-refractivity contribution >= 4 is 95.1 Å². The van der Waals surface area contributed by atoms with Crippen LogP contribution in [0.1, 0.15) is 22.3 Å². The molecule has 11 aromatic carbocycles. The fraction of sp³-hybridized carbons (Fsp3) is 0.0149. The van der Waals surface area contributed by atoms with Crippen LogP contribution in [0.4, 0.5) is 51.2 Å². The number of hydrogen-bond donors (Lipinski definition) is 0. The third-order valence-corrected chi connectivity index (χ3v) is 15.0. The molecule has 2 aliphatic rings. The van der Waals surface area contributed by atoms with Gasteiger partial charge in [-0.1, -0.05) is 164 Å². The van der Waals surface area contributed by atoms with Gasteiger partial charge in [-0.15, -0.1) is 0 Å². The molecule has 0 saturated heterocycles. The molecule has 5 nitrogen and oxygen atoms in total. The van der Waals surface area contributed by atoms with Crippen LogP contribution in [0.25, 0.3) is 55.0 Å². The summed E-state index contributed by atoms with van der Waals surface area (Å²) in [6.07, 6.45) is 0. The number of benzene rings is 11. The SMILES string of the molecule is c1ccc(N2c3ccccc3C3(c4ccc(N(c5ccccc5)c5cccc6c5oc5ccccc56)cc4-c4ccc(N(c5ccccc5)c5cccc6c5oc5ccccc56)cc43)c3ccccc32)cc1. The molecule has 0 amide bonds. The van der Waals surface area contributed by atoms with Crippen LogP contribution in [-0.2, 0) is 5.41 Å². The minimum atomic E-state index is -0.721. The minimum Gasteiger partial charge on any atom is -0.454 e. The zero-order chi connectivity index (χ0) is 47.3. The number of rotatable bonds is 7. The normalized spacial score (nSPS) is 13.1. The van der Waals surface area contributed by atoms with E-state index in [0.29, 0.717) is 0 Å². The van der Waals surface area contributed by atoms with Gasteiger partial charge in [-0.25, -0.2) is 0 Å². The average molecular weight is 922 g/mol. The van der Waals surface area contributed by atoms with Crippen molar-refractivity contribution in [3.05, 3.63) is 283 Å². The highest BCUT2D eigenvalue weighted by Crippen LogP contribution is 2.64. The highest BCUT2D eigenvalue weighted by atomic mass is 16.3. The highest BCUT2D eigenvalue weighted by Gasteiger charge is 2.52. The number of nitrogens with zero attached hydrogens (tertiary/aromatic N) is 3. The summed E-state index contributed by atoms with van der Waals surface area (Å²) in [5, 5.41) is 4.37. The first-order valence-corrected chi connectivity index (χ1v) is 24.6. The number of fused-ring (bicyclic) bond motifs is 15. The Bertz CT molecular complexity index is 4210. The predicted molar refractivity (Wildman–Crippen MR) is 296 cm³/mol. The van der Waals surface area contributed by atoms with Crippen LogP contribution in [0.15, 0.2) is 270 Å². The van der Waals surface area contributed by atoms with Gasteiger partial charge in [0.15, 0.2) is 11.2 Å². The Morgan fingerprint density at radius 3 is 1.33 bits per heavy atom. The smallest absolute Gasteiger partial charge is 0.159 e. The first-order valence-electron chi connectivity index (χ1n) is 24.6. The molecule has 72 heavy (non-hydrogen) atoms. The number of para-hydroxylation sites is 9. The minimum absolute atomic E-state index is 0.721. The maximum atomic E-state index is 6.80. The summed E-state index contributed by atoms with van der Waals surface area (Å²) in [5.74, 6) is 0. The predicted octanol–water partition coefficient (Wildman–Crippen LogP) is 18.6. The van der Waals surface area contributed by atoms with E-state index >= 15 is 0 Å². The first-order chi connectivity index (χ1) is 35.7. The molecule has 2 aromatic heterocycles. The fourth-order valence-corrected chi connectivity index (χ4v) is 12.1. The lowest BCUT2D eigenvalue weighted by Gasteiger charge is -2.45. The maximum absolute atomic E-state index is 6.80. The van der Waals surface area contributed by atoms with Crippen LogP contribution < -0.4 is 14.7 Å². The molecule has 13 aromatic rings. The van der Waals surface area contributed by atoms with E-state index in [9.17, 15) is 0 Å². The summed E-state index contributed by atoms with van der Waals surface area (Å²) in [6, 6.07) is 94.1. The van der Waals surface area contributed by atoms with Gasteiger partial charge in [-0.05, 0) is 130 Å². The zero-order valence-electron chi connectivity index (χ0n) is 39.0. The molecule has 1 spiro atoms. The van der Waals surface area contributed by atoms with E-state index in [1.807, 2.05) is 12.1 Å². The zero-order valence-corrected chi connectivity index (χ0v) is 39.0. The quantitative estimate of drug-likeness (QED) is 0.159. The molecule has 15 rings (SSSR count). The van der Waals surface area contributed by atoms with E-state index in [-0.39, 0.29) is 0 Å². The van der Waals surface area contributed by atoms with Gasteiger partial charge in [0.25, 0.3) is 0 Å². The van der Waals surface area contributed by atoms with Crippen LogP contribution in [0, 0.1) is 0 Å².